The van der Waals surface area contributed by atoms with Crippen LogP contribution in [0.2, 0.25) is 0 Å². The lowest BCUT2D eigenvalue weighted by Gasteiger charge is -2.23. The predicted octanol–water partition coefficient (Wildman–Crippen LogP) is 1.36. The van der Waals surface area contributed by atoms with E-state index in [1.807, 2.05) is 20.8 Å². The van der Waals surface area contributed by atoms with E-state index in [9.17, 15) is 4.79 Å². The fourth-order valence-electron chi connectivity index (χ4n) is 1.39. The van der Waals surface area contributed by atoms with Crippen LogP contribution in [0.15, 0.2) is 4.99 Å². The van der Waals surface area contributed by atoms with Crippen molar-refractivity contribution in [3.8, 4) is 0 Å². The van der Waals surface area contributed by atoms with Crippen molar-refractivity contribution < 1.29 is 4.79 Å². The average molecular weight is 270 g/mol. The van der Waals surface area contributed by atoms with E-state index >= 15 is 0 Å². The van der Waals surface area contributed by atoms with Gasteiger partial charge in [0.1, 0.15) is 0 Å². The Hall–Kier alpha value is -1.26. The van der Waals surface area contributed by atoms with Crippen LogP contribution < -0.4 is 16.0 Å². The molecule has 0 bridgehead atoms. The molecule has 0 aliphatic carbocycles. The molecule has 0 aromatic heterocycles. The molecule has 0 saturated heterocycles. The van der Waals surface area contributed by atoms with Crippen LogP contribution in [0.5, 0.6) is 0 Å². The van der Waals surface area contributed by atoms with Crippen molar-refractivity contribution in [1.82, 2.24) is 16.0 Å². The molecule has 0 aromatic rings. The Morgan fingerprint density at radius 2 is 1.84 bits per heavy atom. The van der Waals surface area contributed by atoms with E-state index in [1.54, 1.807) is 7.05 Å². The van der Waals surface area contributed by atoms with Gasteiger partial charge in [-0.2, -0.15) is 0 Å². The summed E-state index contributed by atoms with van der Waals surface area (Å²) < 4.78 is 0. The second-order valence-electron chi connectivity index (χ2n) is 5.84. The Morgan fingerprint density at radius 3 is 2.26 bits per heavy atom. The molecule has 0 saturated carbocycles. The third kappa shape index (κ3) is 6.45. The predicted molar refractivity (Wildman–Crippen MR) is 81.3 cm³/mol. The summed E-state index contributed by atoms with van der Waals surface area (Å²) in [6.07, 6.45) is 0. The van der Waals surface area contributed by atoms with Crippen molar-refractivity contribution in [2.45, 2.75) is 47.6 Å². The molecule has 0 radical (unpaired) electrons. The van der Waals surface area contributed by atoms with Gasteiger partial charge in [0.15, 0.2) is 5.96 Å². The molecule has 5 heteroatoms. The molecular weight excluding hydrogens is 240 g/mol. The topological polar surface area (TPSA) is 65.5 Å². The number of rotatable bonds is 6. The van der Waals surface area contributed by atoms with Crippen molar-refractivity contribution in [3.63, 3.8) is 0 Å². The lowest BCUT2D eigenvalue weighted by molar-refractivity contribution is -0.128. The third-order valence-electron chi connectivity index (χ3n) is 3.18. The summed E-state index contributed by atoms with van der Waals surface area (Å²) in [5, 5.41) is 9.23. The largest absolute Gasteiger partial charge is 0.359 e. The highest BCUT2D eigenvalue weighted by molar-refractivity contribution is 5.83. The summed E-state index contributed by atoms with van der Waals surface area (Å²) in [5.41, 5.74) is -0.502. The molecule has 1 unspecified atom stereocenters. The maximum atomic E-state index is 11.7. The summed E-state index contributed by atoms with van der Waals surface area (Å²) in [7, 11) is 1.65. The van der Waals surface area contributed by atoms with Gasteiger partial charge in [0.05, 0.1) is 12.0 Å². The number of nitrogens with one attached hydrogen (secondary N) is 3. The minimum atomic E-state index is -0.502. The second-order valence-corrected chi connectivity index (χ2v) is 5.84. The Balaban J connectivity index is 4.70. The van der Waals surface area contributed by atoms with Gasteiger partial charge in [-0.1, -0.05) is 13.8 Å². The van der Waals surface area contributed by atoms with Crippen LogP contribution in [0.1, 0.15) is 41.5 Å². The first-order valence-corrected chi connectivity index (χ1v) is 7.01. The number of amides is 1. The Morgan fingerprint density at radius 1 is 1.26 bits per heavy atom. The second kappa shape index (κ2) is 8.02. The van der Waals surface area contributed by atoms with E-state index in [-0.39, 0.29) is 5.91 Å². The fraction of sp³-hybridized carbons (Fsp3) is 0.857. The summed E-state index contributed by atoms with van der Waals surface area (Å²) in [4.78, 5) is 16.2. The van der Waals surface area contributed by atoms with Gasteiger partial charge < -0.3 is 16.0 Å². The van der Waals surface area contributed by atoms with E-state index in [2.05, 4.69) is 41.7 Å². The van der Waals surface area contributed by atoms with Crippen LogP contribution in [-0.2, 0) is 4.79 Å². The molecule has 0 aliphatic rings. The van der Waals surface area contributed by atoms with E-state index in [1.165, 1.54) is 0 Å². The maximum absolute atomic E-state index is 11.7. The molecule has 19 heavy (non-hydrogen) atoms. The Kier molecular flexibility index (Phi) is 7.49. The third-order valence-corrected chi connectivity index (χ3v) is 3.18. The molecule has 1 amide bonds. The summed E-state index contributed by atoms with van der Waals surface area (Å²) in [6, 6.07) is 0.334. The first-order chi connectivity index (χ1) is 8.74. The smallest absolute Gasteiger partial charge is 0.227 e. The van der Waals surface area contributed by atoms with Gasteiger partial charge in [0.2, 0.25) is 5.91 Å². The van der Waals surface area contributed by atoms with Crippen LogP contribution in [-0.4, -0.2) is 38.0 Å². The molecule has 0 spiro atoms. The number of nitrogens with zero attached hydrogens (tertiary/aromatic N) is 1. The highest BCUT2D eigenvalue weighted by Crippen LogP contribution is 2.15. The maximum Gasteiger partial charge on any atom is 0.227 e. The fourth-order valence-corrected chi connectivity index (χ4v) is 1.39. The van der Waals surface area contributed by atoms with Crippen molar-refractivity contribution in [1.29, 1.82) is 0 Å². The van der Waals surface area contributed by atoms with Gasteiger partial charge in [-0.3, -0.25) is 9.79 Å². The molecule has 0 fully saturated rings. The minimum absolute atomic E-state index is 0.00371. The highest BCUT2D eigenvalue weighted by Gasteiger charge is 2.26. The molecule has 1 atom stereocenters. The summed E-state index contributed by atoms with van der Waals surface area (Å²) in [6.45, 7) is 13.5. The van der Waals surface area contributed by atoms with Crippen LogP contribution in [0.4, 0.5) is 0 Å². The number of carbonyl (C=O) groups is 1. The van der Waals surface area contributed by atoms with Crippen molar-refractivity contribution >= 4 is 11.9 Å². The van der Waals surface area contributed by atoms with Crippen LogP contribution in [0.3, 0.4) is 0 Å². The SMILES string of the molecule is CCNC(=NCC(C)(C)C(=O)NC)NC(C)C(C)C. The zero-order valence-corrected chi connectivity index (χ0v) is 13.4. The molecule has 0 rings (SSSR count). The van der Waals surface area contributed by atoms with Gasteiger partial charge in [-0.25, -0.2) is 0 Å². The Labute approximate surface area is 117 Å². The van der Waals surface area contributed by atoms with Crippen LogP contribution in [0.25, 0.3) is 0 Å². The van der Waals surface area contributed by atoms with Gasteiger partial charge in [-0.15, -0.1) is 0 Å². The van der Waals surface area contributed by atoms with E-state index in [0.29, 0.717) is 18.5 Å². The quantitative estimate of drug-likeness (QED) is 0.504. The normalized spacial score (nSPS) is 14.2. The van der Waals surface area contributed by atoms with E-state index in [4.69, 9.17) is 0 Å². The molecule has 3 N–H and O–H groups in total. The molecule has 0 heterocycles. The zero-order chi connectivity index (χ0) is 15.1. The number of hydrogen-bond acceptors (Lipinski definition) is 2. The highest BCUT2D eigenvalue weighted by atomic mass is 16.2. The summed E-state index contributed by atoms with van der Waals surface area (Å²) in [5.74, 6) is 1.29. The standard InChI is InChI=1S/C14H30N4O/c1-8-16-13(18-11(4)10(2)3)17-9-14(5,6)12(19)15-7/h10-11H,8-9H2,1-7H3,(H,15,19)(H2,16,17,18). The molecule has 112 valence electrons. The van der Waals surface area contributed by atoms with Crippen molar-refractivity contribution in [3.05, 3.63) is 0 Å². The number of carbonyl (C=O) groups excluding carboxylic acids is 1. The van der Waals surface area contributed by atoms with Gasteiger partial charge >= 0.3 is 0 Å². The van der Waals surface area contributed by atoms with Crippen molar-refractivity contribution in [2.75, 3.05) is 20.1 Å². The van der Waals surface area contributed by atoms with Gasteiger partial charge in [-0.05, 0) is 33.6 Å². The van der Waals surface area contributed by atoms with E-state index in [0.717, 1.165) is 12.5 Å². The average Bonchev–Trinajstić information content (AvgIpc) is 2.34. The first kappa shape index (κ1) is 17.7. The first-order valence-electron chi connectivity index (χ1n) is 7.01. The molecule has 0 aromatic carbocycles. The van der Waals surface area contributed by atoms with E-state index < -0.39 is 5.41 Å². The zero-order valence-electron chi connectivity index (χ0n) is 13.4. The number of hydrogen-bond donors (Lipinski definition) is 3. The Bertz CT molecular complexity index is 311. The van der Waals surface area contributed by atoms with Crippen molar-refractivity contribution in [2.24, 2.45) is 16.3 Å². The lowest BCUT2D eigenvalue weighted by atomic mass is 9.93. The molecule has 5 nitrogen and oxygen atoms in total. The number of aliphatic imine (C=N–C) groups is 1. The summed E-state index contributed by atoms with van der Waals surface area (Å²) >= 11 is 0. The lowest BCUT2D eigenvalue weighted by Crippen LogP contribution is -2.45. The van der Waals surface area contributed by atoms with Gasteiger partial charge in [0.25, 0.3) is 0 Å². The van der Waals surface area contributed by atoms with Crippen LogP contribution >= 0.6 is 0 Å². The van der Waals surface area contributed by atoms with Crippen LogP contribution in [0, 0.1) is 11.3 Å². The number of guanidine groups is 1. The molecular formula is C14H30N4O. The molecule has 0 aliphatic heterocycles. The minimum Gasteiger partial charge on any atom is -0.359 e. The monoisotopic (exact) mass is 270 g/mol. The van der Waals surface area contributed by atoms with Gasteiger partial charge in [0, 0.05) is 19.6 Å².